The van der Waals surface area contributed by atoms with E-state index in [0.29, 0.717) is 13.2 Å². The quantitative estimate of drug-likeness (QED) is 0.536. The number of hydrogen-bond acceptors (Lipinski definition) is 3. The van der Waals surface area contributed by atoms with Crippen LogP contribution < -0.4 is 0 Å². The smallest absolute Gasteiger partial charge is 0.300 e. The maximum atomic E-state index is 11.8. The van der Waals surface area contributed by atoms with E-state index >= 15 is 0 Å². The first-order chi connectivity index (χ1) is 6.33. The van der Waals surface area contributed by atoms with Gasteiger partial charge in [-0.3, -0.25) is 9.05 Å². The van der Waals surface area contributed by atoms with E-state index in [2.05, 4.69) is 11.6 Å². The van der Waals surface area contributed by atoms with E-state index in [0.717, 1.165) is 0 Å². The zero-order valence-electron chi connectivity index (χ0n) is 9.59. The molecular weight excluding hydrogens is 199 g/mol. The van der Waals surface area contributed by atoms with E-state index in [-0.39, 0.29) is 5.41 Å². The van der Waals surface area contributed by atoms with Gasteiger partial charge in [-0.15, -0.1) is 0 Å². The van der Waals surface area contributed by atoms with E-state index in [1.165, 1.54) is 0 Å². The van der Waals surface area contributed by atoms with E-state index in [1.807, 2.05) is 20.8 Å². The molecule has 0 heterocycles. The summed E-state index contributed by atoms with van der Waals surface area (Å²) in [4.78, 5) is 0. The van der Waals surface area contributed by atoms with Crippen LogP contribution in [-0.4, -0.2) is 13.2 Å². The molecule has 0 radical (unpaired) electrons. The van der Waals surface area contributed by atoms with Crippen LogP contribution in [0.5, 0.6) is 0 Å². The Bertz CT molecular complexity index is 257. The SMILES string of the molecule is CCOP(=O)(C#CC(C)(C)C)OCC. The summed E-state index contributed by atoms with van der Waals surface area (Å²) >= 11 is 0. The minimum absolute atomic E-state index is 0.191. The van der Waals surface area contributed by atoms with E-state index < -0.39 is 7.60 Å². The Morgan fingerprint density at radius 3 is 1.86 bits per heavy atom. The first kappa shape index (κ1) is 13.7. The summed E-state index contributed by atoms with van der Waals surface area (Å²) in [6.07, 6.45) is 0. The summed E-state index contributed by atoms with van der Waals surface area (Å²) in [5, 5.41) is 0. The molecule has 0 aromatic rings. The summed E-state index contributed by atoms with van der Waals surface area (Å²) in [5.74, 6) is 2.87. The molecule has 0 atom stereocenters. The van der Waals surface area contributed by atoms with Gasteiger partial charge in [0.05, 0.1) is 13.2 Å². The second kappa shape index (κ2) is 5.56. The topological polar surface area (TPSA) is 35.5 Å². The summed E-state index contributed by atoms with van der Waals surface area (Å²) in [5.41, 5.74) is 2.41. The normalized spacial score (nSPS) is 12.1. The van der Waals surface area contributed by atoms with Crippen LogP contribution in [0.1, 0.15) is 34.6 Å². The van der Waals surface area contributed by atoms with Crippen LogP contribution in [0.15, 0.2) is 0 Å². The van der Waals surface area contributed by atoms with Crippen LogP contribution in [0, 0.1) is 17.0 Å². The van der Waals surface area contributed by atoms with Gasteiger partial charge in [-0.2, -0.15) is 0 Å². The number of hydrogen-bond donors (Lipinski definition) is 0. The maximum Gasteiger partial charge on any atom is 0.405 e. The summed E-state index contributed by atoms with van der Waals surface area (Å²) in [6.45, 7) is 10.1. The Morgan fingerprint density at radius 2 is 1.57 bits per heavy atom. The molecule has 0 bridgehead atoms. The molecule has 0 aliphatic rings. The fourth-order valence-corrected chi connectivity index (χ4v) is 2.03. The molecule has 0 aromatic carbocycles. The molecule has 0 saturated heterocycles. The zero-order chi connectivity index (χ0) is 11.2. The van der Waals surface area contributed by atoms with Gasteiger partial charge in [-0.05, 0) is 34.6 Å². The molecule has 14 heavy (non-hydrogen) atoms. The monoisotopic (exact) mass is 218 g/mol. The molecule has 0 aliphatic heterocycles. The predicted octanol–water partition coefficient (Wildman–Crippen LogP) is 3.26. The highest BCUT2D eigenvalue weighted by atomic mass is 31.2. The van der Waals surface area contributed by atoms with Gasteiger partial charge in [0.1, 0.15) is 0 Å². The predicted molar refractivity (Wildman–Crippen MR) is 58.1 cm³/mol. The second-order valence-electron chi connectivity index (χ2n) is 3.82. The van der Waals surface area contributed by atoms with E-state index in [1.54, 1.807) is 13.8 Å². The minimum Gasteiger partial charge on any atom is -0.300 e. The van der Waals surface area contributed by atoms with Crippen molar-refractivity contribution in [2.45, 2.75) is 34.6 Å². The molecule has 0 N–H and O–H groups in total. The lowest BCUT2D eigenvalue weighted by atomic mass is 9.99. The molecule has 0 aromatic heterocycles. The summed E-state index contributed by atoms with van der Waals surface area (Å²) < 4.78 is 21.9. The van der Waals surface area contributed by atoms with Crippen LogP contribution in [-0.2, 0) is 13.6 Å². The lowest BCUT2D eigenvalue weighted by Crippen LogP contribution is -2.00. The largest absolute Gasteiger partial charge is 0.405 e. The second-order valence-corrected chi connectivity index (χ2v) is 5.55. The van der Waals surface area contributed by atoms with Crippen molar-refractivity contribution < 1.29 is 13.6 Å². The number of rotatable bonds is 4. The average Bonchev–Trinajstić information content (AvgIpc) is 2.01. The summed E-state index contributed by atoms with van der Waals surface area (Å²) in [6, 6.07) is 0. The van der Waals surface area contributed by atoms with Gasteiger partial charge in [0.25, 0.3) is 0 Å². The lowest BCUT2D eigenvalue weighted by Gasteiger charge is -2.12. The van der Waals surface area contributed by atoms with Crippen molar-refractivity contribution in [2.75, 3.05) is 13.2 Å². The standard InChI is InChI=1S/C10H19O3P/c1-6-12-14(11,13-7-2)9-8-10(3,4)5/h6-7H2,1-5H3. The van der Waals surface area contributed by atoms with Crippen molar-refractivity contribution in [3.8, 4) is 11.6 Å². The molecule has 0 unspecified atom stereocenters. The third-order valence-corrected chi connectivity index (χ3v) is 2.75. The van der Waals surface area contributed by atoms with Crippen molar-refractivity contribution in [3.05, 3.63) is 0 Å². The van der Waals surface area contributed by atoms with Crippen molar-refractivity contribution in [1.82, 2.24) is 0 Å². The van der Waals surface area contributed by atoms with Crippen molar-refractivity contribution in [1.29, 1.82) is 0 Å². The Labute approximate surface area is 86.7 Å². The highest BCUT2D eigenvalue weighted by molar-refractivity contribution is 7.59. The van der Waals surface area contributed by atoms with Gasteiger partial charge in [-0.25, -0.2) is 4.57 Å². The first-order valence-corrected chi connectivity index (χ1v) is 6.31. The molecule has 0 spiro atoms. The fourth-order valence-electron chi connectivity index (χ4n) is 0.678. The Kier molecular flexibility index (Phi) is 5.44. The van der Waals surface area contributed by atoms with Crippen molar-refractivity contribution in [2.24, 2.45) is 5.41 Å². The van der Waals surface area contributed by atoms with Gasteiger partial charge in [0.2, 0.25) is 0 Å². The van der Waals surface area contributed by atoms with Gasteiger partial charge in [-0.1, -0.05) is 5.92 Å². The molecular formula is C10H19O3P. The van der Waals surface area contributed by atoms with Crippen molar-refractivity contribution >= 4 is 7.60 Å². The lowest BCUT2D eigenvalue weighted by molar-refractivity contribution is 0.230. The highest BCUT2D eigenvalue weighted by Crippen LogP contribution is 2.46. The Balaban J connectivity index is 4.65. The summed E-state index contributed by atoms with van der Waals surface area (Å²) in [7, 11) is -3.18. The van der Waals surface area contributed by atoms with E-state index in [4.69, 9.17) is 9.05 Å². The minimum atomic E-state index is -3.18. The molecule has 3 nitrogen and oxygen atoms in total. The molecule has 82 valence electrons. The van der Waals surface area contributed by atoms with Crippen molar-refractivity contribution in [3.63, 3.8) is 0 Å². The van der Waals surface area contributed by atoms with Crippen LogP contribution >= 0.6 is 7.60 Å². The van der Waals surface area contributed by atoms with Gasteiger partial charge in [0, 0.05) is 11.1 Å². The molecule has 0 rings (SSSR count). The average molecular weight is 218 g/mol. The van der Waals surface area contributed by atoms with Gasteiger partial charge in [0.15, 0.2) is 0 Å². The maximum absolute atomic E-state index is 11.8. The highest BCUT2D eigenvalue weighted by Gasteiger charge is 2.20. The third kappa shape index (κ3) is 6.21. The Hall–Kier alpha value is -0.290. The van der Waals surface area contributed by atoms with Crippen LogP contribution in [0.3, 0.4) is 0 Å². The first-order valence-electron chi connectivity index (χ1n) is 4.76. The fraction of sp³-hybridized carbons (Fsp3) is 0.800. The van der Waals surface area contributed by atoms with Gasteiger partial charge >= 0.3 is 7.60 Å². The van der Waals surface area contributed by atoms with Gasteiger partial charge < -0.3 is 0 Å². The van der Waals surface area contributed by atoms with Crippen LogP contribution in [0.25, 0.3) is 0 Å². The Morgan fingerprint density at radius 1 is 1.14 bits per heavy atom. The third-order valence-electron chi connectivity index (χ3n) is 1.17. The molecule has 4 heteroatoms. The van der Waals surface area contributed by atoms with Crippen LogP contribution in [0.2, 0.25) is 0 Å². The van der Waals surface area contributed by atoms with E-state index in [9.17, 15) is 4.57 Å². The molecule has 0 saturated carbocycles. The molecule has 0 aliphatic carbocycles. The molecule has 0 fully saturated rings. The molecule has 0 amide bonds. The van der Waals surface area contributed by atoms with Crippen LogP contribution in [0.4, 0.5) is 0 Å². The zero-order valence-corrected chi connectivity index (χ0v) is 10.5.